The first-order chi connectivity index (χ1) is 11.6. The van der Waals surface area contributed by atoms with E-state index in [4.69, 9.17) is 4.98 Å². The molecule has 7 nitrogen and oxygen atoms in total. The Hall–Kier alpha value is -1.76. The van der Waals surface area contributed by atoms with E-state index >= 15 is 0 Å². The molecule has 0 radical (unpaired) electrons. The third kappa shape index (κ3) is 2.64. The molecule has 1 saturated heterocycles. The van der Waals surface area contributed by atoms with Gasteiger partial charge in [0.1, 0.15) is 5.82 Å². The third-order valence-corrected chi connectivity index (χ3v) is 5.46. The first-order valence-corrected chi connectivity index (χ1v) is 9.20. The third-order valence-electron chi connectivity index (χ3n) is 5.46. The Balaban J connectivity index is 1.59. The molecule has 3 heterocycles. The van der Waals surface area contributed by atoms with Crippen molar-refractivity contribution in [1.29, 1.82) is 0 Å². The van der Waals surface area contributed by atoms with Crippen LogP contribution in [0.2, 0.25) is 0 Å². The second kappa shape index (κ2) is 6.27. The lowest BCUT2D eigenvalue weighted by atomic mass is 10.0. The summed E-state index contributed by atoms with van der Waals surface area (Å²) >= 11 is 0. The van der Waals surface area contributed by atoms with Crippen molar-refractivity contribution in [1.82, 2.24) is 34.7 Å². The van der Waals surface area contributed by atoms with Gasteiger partial charge in [0, 0.05) is 12.7 Å². The van der Waals surface area contributed by atoms with Crippen molar-refractivity contribution in [3.8, 4) is 0 Å². The fourth-order valence-corrected chi connectivity index (χ4v) is 4.21. The minimum Gasteiger partial charge on any atom is -0.334 e. The zero-order chi connectivity index (χ0) is 16.7. The maximum Gasteiger partial charge on any atom is 0.165 e. The number of aromatic nitrogens is 6. The highest BCUT2D eigenvalue weighted by Crippen LogP contribution is 2.34. The van der Waals surface area contributed by atoms with Crippen molar-refractivity contribution in [2.75, 3.05) is 6.54 Å². The zero-order valence-corrected chi connectivity index (χ0v) is 14.9. The number of hydrogen-bond acceptors (Lipinski definition) is 5. The first kappa shape index (κ1) is 15.7. The lowest BCUT2D eigenvalue weighted by Crippen LogP contribution is -2.27. The Morgan fingerprint density at radius 1 is 1.17 bits per heavy atom. The van der Waals surface area contributed by atoms with Crippen LogP contribution in [0.5, 0.6) is 0 Å². The van der Waals surface area contributed by atoms with Crippen LogP contribution in [0.4, 0.5) is 0 Å². The Kier molecular flexibility index (Phi) is 4.12. The van der Waals surface area contributed by atoms with Gasteiger partial charge in [0.2, 0.25) is 0 Å². The van der Waals surface area contributed by atoms with E-state index in [9.17, 15) is 0 Å². The van der Waals surface area contributed by atoms with E-state index in [1.165, 1.54) is 49.3 Å². The van der Waals surface area contributed by atoms with Gasteiger partial charge < -0.3 is 4.57 Å². The number of rotatable bonds is 4. The second-order valence-electron chi connectivity index (χ2n) is 7.39. The minimum absolute atomic E-state index is 0.288. The number of nitrogens with zero attached hydrogens (tertiary/aromatic N) is 7. The minimum atomic E-state index is 0.288. The summed E-state index contributed by atoms with van der Waals surface area (Å²) in [5.41, 5.74) is 2.78. The fourth-order valence-electron chi connectivity index (χ4n) is 4.21. The average molecular weight is 329 g/mol. The number of imidazole rings is 1. The molecule has 1 aliphatic heterocycles. The van der Waals surface area contributed by atoms with Crippen LogP contribution in [0, 0.1) is 0 Å². The van der Waals surface area contributed by atoms with Gasteiger partial charge in [-0.2, -0.15) is 0 Å². The number of fused-ring (bicyclic) bond motifs is 1. The van der Waals surface area contributed by atoms with Crippen LogP contribution in [-0.4, -0.2) is 41.2 Å². The summed E-state index contributed by atoms with van der Waals surface area (Å²) in [5, 5.41) is 12.3. The molecular weight excluding hydrogens is 302 g/mol. The van der Waals surface area contributed by atoms with E-state index < -0.39 is 0 Å². The highest BCUT2D eigenvalue weighted by Gasteiger charge is 2.32. The van der Waals surface area contributed by atoms with E-state index in [1.54, 1.807) is 0 Å². The van der Waals surface area contributed by atoms with Gasteiger partial charge in [-0.05, 0) is 69.3 Å². The van der Waals surface area contributed by atoms with Crippen molar-refractivity contribution in [3.63, 3.8) is 0 Å². The maximum atomic E-state index is 5.03. The molecule has 0 spiro atoms. The van der Waals surface area contributed by atoms with Crippen LogP contribution in [-0.2, 0) is 26.4 Å². The summed E-state index contributed by atoms with van der Waals surface area (Å²) in [7, 11) is 2.20. The van der Waals surface area contributed by atoms with Crippen LogP contribution in [0.25, 0.3) is 0 Å². The Morgan fingerprint density at radius 3 is 2.79 bits per heavy atom. The zero-order valence-electron chi connectivity index (χ0n) is 14.9. The van der Waals surface area contributed by atoms with Gasteiger partial charge in [-0.15, -0.1) is 5.10 Å². The van der Waals surface area contributed by atoms with Crippen LogP contribution in [0.1, 0.15) is 74.7 Å². The predicted molar refractivity (Wildman–Crippen MR) is 90.4 cm³/mol. The van der Waals surface area contributed by atoms with Crippen LogP contribution >= 0.6 is 0 Å². The van der Waals surface area contributed by atoms with Crippen molar-refractivity contribution in [2.45, 2.75) is 71.0 Å². The summed E-state index contributed by atoms with van der Waals surface area (Å²) in [6.07, 6.45) is 7.28. The summed E-state index contributed by atoms with van der Waals surface area (Å²) in [5.74, 6) is 2.19. The molecular formula is C17H27N7. The molecule has 2 aromatic heterocycles. The van der Waals surface area contributed by atoms with Crippen LogP contribution in [0.3, 0.4) is 0 Å². The lowest BCUT2D eigenvalue weighted by molar-refractivity contribution is 0.224. The van der Waals surface area contributed by atoms with E-state index in [0.29, 0.717) is 6.04 Å². The molecule has 2 aliphatic rings. The highest BCUT2D eigenvalue weighted by molar-refractivity contribution is 5.22. The van der Waals surface area contributed by atoms with E-state index in [1.807, 2.05) is 4.68 Å². The molecule has 0 bridgehead atoms. The Bertz CT molecular complexity index is 715. The van der Waals surface area contributed by atoms with Crippen molar-refractivity contribution < 1.29 is 0 Å². The standard InChI is InChI=1S/C17H27N7/c1-12(2)24-16(19-20-21-24)11-23-10-6-9-15(23)17-18-13-7-4-5-8-14(13)22(17)3/h12,15H,4-11H2,1-3H3. The summed E-state index contributed by atoms with van der Waals surface area (Å²) < 4.78 is 4.29. The molecule has 0 N–H and O–H groups in total. The maximum absolute atomic E-state index is 5.03. The van der Waals surface area contributed by atoms with Gasteiger partial charge in [0.25, 0.3) is 0 Å². The second-order valence-corrected chi connectivity index (χ2v) is 7.39. The van der Waals surface area contributed by atoms with Crippen molar-refractivity contribution >= 4 is 0 Å². The van der Waals surface area contributed by atoms with Gasteiger partial charge in [0.15, 0.2) is 5.82 Å². The number of hydrogen-bond donors (Lipinski definition) is 0. The Morgan fingerprint density at radius 2 is 2.00 bits per heavy atom. The summed E-state index contributed by atoms with van der Waals surface area (Å²) in [4.78, 5) is 7.53. The van der Waals surface area contributed by atoms with E-state index in [0.717, 1.165) is 25.3 Å². The molecule has 1 fully saturated rings. The molecule has 4 rings (SSSR count). The van der Waals surface area contributed by atoms with Crippen LogP contribution in [0.15, 0.2) is 0 Å². The van der Waals surface area contributed by atoms with Gasteiger partial charge >= 0.3 is 0 Å². The molecule has 1 atom stereocenters. The topological polar surface area (TPSA) is 64.7 Å². The molecule has 1 aliphatic carbocycles. The Labute approximate surface area is 143 Å². The molecule has 1 unspecified atom stereocenters. The number of tetrazole rings is 1. The normalized spacial score (nSPS) is 21.6. The lowest BCUT2D eigenvalue weighted by Gasteiger charge is -2.24. The van der Waals surface area contributed by atoms with Crippen molar-refractivity contribution in [3.05, 3.63) is 23.0 Å². The van der Waals surface area contributed by atoms with Gasteiger partial charge in [0.05, 0.1) is 24.3 Å². The van der Waals surface area contributed by atoms with Gasteiger partial charge in [-0.3, -0.25) is 4.90 Å². The predicted octanol–water partition coefficient (Wildman–Crippen LogP) is 2.20. The monoisotopic (exact) mass is 329 g/mol. The first-order valence-electron chi connectivity index (χ1n) is 9.20. The van der Waals surface area contributed by atoms with Crippen LogP contribution < -0.4 is 0 Å². The molecule has 7 heteroatoms. The average Bonchev–Trinajstić information content (AvgIpc) is 3.28. The van der Waals surface area contributed by atoms with Crippen molar-refractivity contribution in [2.24, 2.45) is 7.05 Å². The van der Waals surface area contributed by atoms with E-state index in [-0.39, 0.29) is 6.04 Å². The molecule has 0 saturated carbocycles. The number of aryl methyl sites for hydroxylation is 1. The SMILES string of the molecule is CC(C)n1nnnc1CN1CCCC1c1nc2c(n1C)CCCC2. The quantitative estimate of drug-likeness (QED) is 0.860. The summed E-state index contributed by atoms with van der Waals surface area (Å²) in [6.45, 7) is 6.13. The summed E-state index contributed by atoms with van der Waals surface area (Å²) in [6, 6.07) is 0.675. The molecule has 24 heavy (non-hydrogen) atoms. The van der Waals surface area contributed by atoms with Gasteiger partial charge in [-0.1, -0.05) is 0 Å². The molecule has 2 aromatic rings. The molecule has 0 aromatic carbocycles. The largest absolute Gasteiger partial charge is 0.334 e. The smallest absolute Gasteiger partial charge is 0.165 e. The number of likely N-dealkylation sites (tertiary alicyclic amines) is 1. The van der Waals surface area contributed by atoms with Gasteiger partial charge in [-0.25, -0.2) is 9.67 Å². The fraction of sp³-hybridized carbons (Fsp3) is 0.765. The van der Waals surface area contributed by atoms with E-state index in [2.05, 4.69) is 45.9 Å². The molecule has 0 amide bonds. The molecule has 130 valence electrons. The highest BCUT2D eigenvalue weighted by atomic mass is 15.6.